The van der Waals surface area contributed by atoms with E-state index in [-0.39, 0.29) is 35.5 Å². The third-order valence-corrected chi connectivity index (χ3v) is 10.8. The van der Waals surface area contributed by atoms with E-state index in [4.69, 9.17) is 4.74 Å². The van der Waals surface area contributed by atoms with Crippen molar-refractivity contribution in [2.24, 2.45) is 17.8 Å². The van der Waals surface area contributed by atoms with Crippen molar-refractivity contribution >= 4 is 29.5 Å². The van der Waals surface area contributed by atoms with Gasteiger partial charge in [-0.15, -0.1) is 24.9 Å². The molecule has 1 spiro atoms. The second-order valence-corrected chi connectivity index (χ2v) is 13.4. The van der Waals surface area contributed by atoms with Crippen LogP contribution in [-0.4, -0.2) is 131 Å². The number of fused-ring (bicyclic) bond motifs is 1. The van der Waals surface area contributed by atoms with Crippen molar-refractivity contribution < 1.29 is 24.2 Å². The van der Waals surface area contributed by atoms with Gasteiger partial charge in [0.05, 0.1) is 42.4 Å². The maximum Gasteiger partial charge on any atom is 0.247 e. The number of likely N-dealkylation sites (N-methyl/N-ethyl adjacent to an activating group) is 1. The molecule has 3 amide bonds. The minimum Gasteiger partial charge on any atom is -0.394 e. The fourth-order valence-electron chi connectivity index (χ4n) is 7.11. The maximum absolute atomic E-state index is 14.5. The second kappa shape index (κ2) is 12.7. The molecule has 39 heavy (non-hydrogen) atoms. The van der Waals surface area contributed by atoms with E-state index in [1.807, 2.05) is 4.90 Å². The Balaban J connectivity index is 1.69. The normalized spacial score (nSPS) is 30.9. The van der Waals surface area contributed by atoms with E-state index < -0.39 is 28.7 Å². The summed E-state index contributed by atoms with van der Waals surface area (Å²) in [5, 5.41) is 10.5. The van der Waals surface area contributed by atoms with Crippen LogP contribution in [0.25, 0.3) is 0 Å². The summed E-state index contributed by atoms with van der Waals surface area (Å²) >= 11 is 1.68. The average molecular weight is 563 g/mol. The summed E-state index contributed by atoms with van der Waals surface area (Å²) in [6.45, 7) is 16.6. The first kappa shape index (κ1) is 30.1. The van der Waals surface area contributed by atoms with Gasteiger partial charge in [-0.25, -0.2) is 0 Å². The molecule has 1 N–H and O–H groups in total. The van der Waals surface area contributed by atoms with Gasteiger partial charge in [-0.3, -0.25) is 19.3 Å². The summed E-state index contributed by atoms with van der Waals surface area (Å²) in [6.07, 6.45) is 5.53. The molecule has 4 saturated heterocycles. The standard InChI is InChI=1S/C29H46N4O5S/c1-6-10-30(5)26(35)23-22-8-9-29(39-22)24(23)27(36)33(21(19-34)18-20(3)4)25(29)28(37)32(11-7-2)13-12-31-14-16-38-17-15-31/h6-7,20-25,34H,1-2,8-19H2,3-5H3/t21-,22+,23-,24+,25?,29?/m1/s1. The third kappa shape index (κ3) is 5.67. The number of carbonyl (C=O) groups excluding carboxylic acids is 3. The summed E-state index contributed by atoms with van der Waals surface area (Å²) in [5.41, 5.74) is 0. The molecule has 0 radical (unpaired) electrons. The molecule has 4 aliphatic rings. The molecule has 4 rings (SSSR count). The number of rotatable bonds is 13. The summed E-state index contributed by atoms with van der Waals surface area (Å²) < 4.78 is 4.80. The van der Waals surface area contributed by atoms with Gasteiger partial charge in [0.1, 0.15) is 6.04 Å². The number of thioether (sulfide) groups is 1. The quantitative estimate of drug-likeness (QED) is 0.340. The van der Waals surface area contributed by atoms with Crippen LogP contribution in [0.15, 0.2) is 25.3 Å². The number of nitrogens with zero attached hydrogens (tertiary/aromatic N) is 4. The van der Waals surface area contributed by atoms with Gasteiger partial charge in [-0.2, -0.15) is 0 Å². The highest BCUT2D eigenvalue weighted by Gasteiger charge is 2.74. The second-order valence-electron chi connectivity index (χ2n) is 11.8. The van der Waals surface area contributed by atoms with E-state index in [1.165, 1.54) is 0 Å². The summed E-state index contributed by atoms with van der Waals surface area (Å²) in [7, 11) is 1.75. The summed E-state index contributed by atoms with van der Waals surface area (Å²) in [6, 6.07) is -1.19. The Hall–Kier alpha value is -1.88. The largest absolute Gasteiger partial charge is 0.394 e. The highest BCUT2D eigenvalue weighted by molar-refractivity contribution is 8.02. The van der Waals surface area contributed by atoms with Crippen molar-refractivity contribution in [3.63, 3.8) is 0 Å². The monoisotopic (exact) mass is 562 g/mol. The van der Waals surface area contributed by atoms with E-state index in [0.717, 1.165) is 26.1 Å². The van der Waals surface area contributed by atoms with Crippen molar-refractivity contribution in [2.75, 3.05) is 66.1 Å². The molecule has 9 nitrogen and oxygen atoms in total. The first-order valence-corrected chi connectivity index (χ1v) is 15.2. The van der Waals surface area contributed by atoms with Crippen LogP contribution in [-0.2, 0) is 19.1 Å². The zero-order valence-electron chi connectivity index (χ0n) is 23.8. The number of morpholine rings is 1. The van der Waals surface area contributed by atoms with E-state index in [2.05, 4.69) is 31.9 Å². The first-order chi connectivity index (χ1) is 18.7. The number of carbonyl (C=O) groups is 3. The third-order valence-electron chi connectivity index (χ3n) is 8.83. The lowest BCUT2D eigenvalue weighted by Gasteiger charge is -2.40. The van der Waals surface area contributed by atoms with Gasteiger partial charge in [-0.1, -0.05) is 26.0 Å². The van der Waals surface area contributed by atoms with Crippen LogP contribution in [0.2, 0.25) is 0 Å². The zero-order valence-corrected chi connectivity index (χ0v) is 24.6. The van der Waals surface area contributed by atoms with Crippen LogP contribution >= 0.6 is 11.8 Å². The van der Waals surface area contributed by atoms with Crippen molar-refractivity contribution in [3.05, 3.63) is 25.3 Å². The molecular weight excluding hydrogens is 516 g/mol. The molecule has 0 saturated carbocycles. The highest BCUT2D eigenvalue weighted by Crippen LogP contribution is 2.67. The Morgan fingerprint density at radius 3 is 2.51 bits per heavy atom. The molecule has 4 fully saturated rings. The zero-order chi connectivity index (χ0) is 28.3. The average Bonchev–Trinajstić information content (AvgIpc) is 3.57. The molecule has 4 heterocycles. The van der Waals surface area contributed by atoms with E-state index in [0.29, 0.717) is 45.7 Å². The lowest BCUT2D eigenvalue weighted by atomic mass is 9.70. The maximum atomic E-state index is 14.5. The van der Waals surface area contributed by atoms with Crippen molar-refractivity contribution in [2.45, 2.75) is 55.2 Å². The molecule has 2 unspecified atom stereocenters. The van der Waals surface area contributed by atoms with E-state index in [1.54, 1.807) is 40.8 Å². The molecule has 0 aromatic carbocycles. The topological polar surface area (TPSA) is 93.6 Å². The minimum absolute atomic E-state index is 0.00930. The summed E-state index contributed by atoms with van der Waals surface area (Å²) in [5.74, 6) is -1.11. The Labute approximate surface area is 237 Å². The molecular formula is C29H46N4O5S. The van der Waals surface area contributed by atoms with Gasteiger partial charge < -0.3 is 24.5 Å². The number of hydrogen-bond acceptors (Lipinski definition) is 7. The van der Waals surface area contributed by atoms with Gasteiger partial charge in [0.25, 0.3) is 0 Å². The van der Waals surface area contributed by atoms with Crippen LogP contribution < -0.4 is 0 Å². The Bertz CT molecular complexity index is 941. The van der Waals surface area contributed by atoms with Crippen LogP contribution in [0.5, 0.6) is 0 Å². The summed E-state index contributed by atoms with van der Waals surface area (Å²) in [4.78, 5) is 50.0. The van der Waals surface area contributed by atoms with Crippen LogP contribution in [0, 0.1) is 17.8 Å². The Morgan fingerprint density at radius 2 is 1.90 bits per heavy atom. The number of ether oxygens (including phenoxy) is 1. The van der Waals surface area contributed by atoms with Crippen LogP contribution in [0.4, 0.5) is 0 Å². The van der Waals surface area contributed by atoms with Gasteiger partial charge in [0.15, 0.2) is 0 Å². The van der Waals surface area contributed by atoms with E-state index >= 15 is 0 Å². The fraction of sp³-hybridized carbons (Fsp3) is 0.759. The molecule has 2 bridgehead atoms. The van der Waals surface area contributed by atoms with Crippen molar-refractivity contribution in [1.82, 2.24) is 19.6 Å². The van der Waals surface area contributed by atoms with Gasteiger partial charge in [-0.05, 0) is 25.2 Å². The number of hydrogen-bond donors (Lipinski definition) is 1. The first-order valence-electron chi connectivity index (χ1n) is 14.4. The molecule has 10 heteroatoms. The minimum atomic E-state index is -0.715. The molecule has 218 valence electrons. The number of aliphatic hydroxyl groups excluding tert-OH is 1. The lowest BCUT2D eigenvalue weighted by Crippen LogP contribution is -2.58. The smallest absolute Gasteiger partial charge is 0.247 e. The van der Waals surface area contributed by atoms with Gasteiger partial charge >= 0.3 is 0 Å². The number of aliphatic hydroxyl groups is 1. The molecule has 4 aliphatic heterocycles. The Kier molecular flexibility index (Phi) is 9.83. The lowest BCUT2D eigenvalue weighted by molar-refractivity contribution is -0.147. The SMILES string of the molecule is C=CCN(C)C(=O)[C@@H]1[C@@H]2CCC3(S2)C(C(=O)N(CC=C)CCN2CCOCC2)N([C@@H](CO)CC(C)C)C(=O)[C@H]13. The Morgan fingerprint density at radius 1 is 1.21 bits per heavy atom. The highest BCUT2D eigenvalue weighted by atomic mass is 32.2. The fourth-order valence-corrected chi connectivity index (χ4v) is 9.30. The van der Waals surface area contributed by atoms with Crippen molar-refractivity contribution in [3.8, 4) is 0 Å². The van der Waals surface area contributed by atoms with E-state index in [9.17, 15) is 19.5 Å². The predicted octanol–water partition coefficient (Wildman–Crippen LogP) is 1.48. The molecule has 0 aromatic rings. The molecule has 0 aromatic heterocycles. The molecule has 6 atom stereocenters. The number of amides is 3. The number of likely N-dealkylation sites (tertiary alicyclic amines) is 1. The van der Waals surface area contributed by atoms with Gasteiger partial charge in [0, 0.05) is 51.6 Å². The van der Waals surface area contributed by atoms with Crippen LogP contribution in [0.1, 0.15) is 33.1 Å². The van der Waals surface area contributed by atoms with Crippen molar-refractivity contribution in [1.29, 1.82) is 0 Å². The van der Waals surface area contributed by atoms with Crippen LogP contribution in [0.3, 0.4) is 0 Å². The predicted molar refractivity (Wildman–Crippen MR) is 153 cm³/mol. The van der Waals surface area contributed by atoms with Gasteiger partial charge in [0.2, 0.25) is 17.7 Å². The molecule has 0 aliphatic carbocycles.